The van der Waals surface area contributed by atoms with Crippen LogP contribution < -0.4 is 10.1 Å². The lowest BCUT2D eigenvalue weighted by atomic mass is 10.1. The first-order valence-electron chi connectivity index (χ1n) is 7.96. The van der Waals surface area contributed by atoms with E-state index in [1.807, 2.05) is 39.0 Å². The summed E-state index contributed by atoms with van der Waals surface area (Å²) < 4.78 is 11.3. The van der Waals surface area contributed by atoms with Crippen molar-refractivity contribution in [2.24, 2.45) is 0 Å². The standard InChI is InChI=1S/C19H20N2O3S/c1-11-5-6-15(9-12(11)2)23-10-16-7-8-17(24-16)18(22)21-19-20-13(3)14(4)25-19/h5-9H,10H2,1-4H3,(H,20,21,22). The van der Waals surface area contributed by atoms with Crippen LogP contribution >= 0.6 is 11.3 Å². The molecule has 1 N–H and O–H groups in total. The lowest BCUT2D eigenvalue weighted by Crippen LogP contribution is -2.10. The van der Waals surface area contributed by atoms with E-state index in [1.165, 1.54) is 22.5 Å². The number of nitrogens with one attached hydrogen (secondary N) is 1. The molecular formula is C19H20N2O3S. The molecule has 0 spiro atoms. The van der Waals surface area contributed by atoms with E-state index >= 15 is 0 Å². The van der Waals surface area contributed by atoms with Crippen LogP contribution in [0.3, 0.4) is 0 Å². The maximum atomic E-state index is 12.2. The van der Waals surface area contributed by atoms with Gasteiger partial charge in [-0.1, -0.05) is 6.07 Å². The molecule has 1 aromatic carbocycles. The molecule has 0 bridgehead atoms. The molecule has 0 unspecified atom stereocenters. The quantitative estimate of drug-likeness (QED) is 0.713. The van der Waals surface area contributed by atoms with Crippen molar-refractivity contribution in [3.8, 4) is 5.75 Å². The minimum Gasteiger partial charge on any atom is -0.486 e. The number of aromatic nitrogens is 1. The lowest BCUT2D eigenvalue weighted by molar-refractivity contribution is 0.0992. The van der Waals surface area contributed by atoms with Crippen LogP contribution in [0.1, 0.15) is 38.0 Å². The molecule has 0 aliphatic carbocycles. The van der Waals surface area contributed by atoms with Crippen molar-refractivity contribution in [1.29, 1.82) is 0 Å². The minimum absolute atomic E-state index is 0.240. The van der Waals surface area contributed by atoms with Gasteiger partial charge in [0.2, 0.25) is 0 Å². The van der Waals surface area contributed by atoms with Crippen molar-refractivity contribution < 1.29 is 13.9 Å². The first kappa shape index (κ1) is 17.2. The summed E-state index contributed by atoms with van der Waals surface area (Å²) in [5.41, 5.74) is 3.31. The SMILES string of the molecule is Cc1ccc(OCc2ccc(C(=O)Nc3nc(C)c(C)s3)o2)cc1C. The molecule has 0 radical (unpaired) electrons. The van der Waals surface area contributed by atoms with Gasteiger partial charge in [-0.25, -0.2) is 4.98 Å². The van der Waals surface area contributed by atoms with Gasteiger partial charge in [-0.3, -0.25) is 10.1 Å². The summed E-state index contributed by atoms with van der Waals surface area (Å²) in [5, 5.41) is 3.33. The number of ether oxygens (including phenoxy) is 1. The van der Waals surface area contributed by atoms with Gasteiger partial charge in [0.15, 0.2) is 10.9 Å². The Morgan fingerprint density at radius 1 is 1.16 bits per heavy atom. The Bertz CT molecular complexity index is 892. The van der Waals surface area contributed by atoms with Gasteiger partial charge in [0.1, 0.15) is 18.1 Å². The van der Waals surface area contributed by atoms with E-state index in [0.717, 1.165) is 16.3 Å². The smallest absolute Gasteiger partial charge is 0.293 e. The molecule has 25 heavy (non-hydrogen) atoms. The molecule has 3 rings (SSSR count). The number of carbonyl (C=O) groups excluding carboxylic acids is 1. The number of anilines is 1. The zero-order chi connectivity index (χ0) is 18.0. The monoisotopic (exact) mass is 356 g/mol. The first-order chi connectivity index (χ1) is 11.9. The largest absolute Gasteiger partial charge is 0.486 e. The summed E-state index contributed by atoms with van der Waals surface area (Å²) in [7, 11) is 0. The summed E-state index contributed by atoms with van der Waals surface area (Å²) in [6.07, 6.45) is 0. The number of thiazole rings is 1. The van der Waals surface area contributed by atoms with E-state index in [-0.39, 0.29) is 18.3 Å². The van der Waals surface area contributed by atoms with Gasteiger partial charge < -0.3 is 9.15 Å². The highest BCUT2D eigenvalue weighted by molar-refractivity contribution is 7.15. The van der Waals surface area contributed by atoms with Crippen molar-refractivity contribution in [1.82, 2.24) is 4.98 Å². The fourth-order valence-corrected chi connectivity index (χ4v) is 3.03. The highest BCUT2D eigenvalue weighted by atomic mass is 32.1. The van der Waals surface area contributed by atoms with E-state index in [4.69, 9.17) is 9.15 Å². The predicted molar refractivity (Wildman–Crippen MR) is 98.5 cm³/mol. The summed E-state index contributed by atoms with van der Waals surface area (Å²) in [5.74, 6) is 1.30. The lowest BCUT2D eigenvalue weighted by Gasteiger charge is -2.06. The third-order valence-electron chi connectivity index (χ3n) is 3.99. The van der Waals surface area contributed by atoms with Crippen LogP contribution in [-0.2, 0) is 6.61 Å². The fraction of sp³-hybridized carbons (Fsp3) is 0.263. The second-order valence-corrected chi connectivity index (χ2v) is 7.12. The van der Waals surface area contributed by atoms with Crippen molar-refractivity contribution in [2.45, 2.75) is 34.3 Å². The second kappa shape index (κ2) is 7.11. The second-order valence-electron chi connectivity index (χ2n) is 5.92. The Labute approximate surface area is 150 Å². The number of nitrogens with zero attached hydrogens (tertiary/aromatic N) is 1. The molecule has 0 aliphatic rings. The van der Waals surface area contributed by atoms with Crippen LogP contribution in [0.15, 0.2) is 34.7 Å². The number of furan rings is 1. The molecular weight excluding hydrogens is 336 g/mol. The molecule has 5 nitrogen and oxygen atoms in total. The van der Waals surface area contributed by atoms with Crippen LogP contribution in [0, 0.1) is 27.7 Å². The Morgan fingerprint density at radius 2 is 1.96 bits per heavy atom. The summed E-state index contributed by atoms with van der Waals surface area (Å²) >= 11 is 1.44. The van der Waals surface area contributed by atoms with Gasteiger partial charge >= 0.3 is 0 Å². The van der Waals surface area contributed by atoms with Crippen LogP contribution in [0.5, 0.6) is 5.75 Å². The van der Waals surface area contributed by atoms with Crippen molar-refractivity contribution in [3.05, 3.63) is 63.6 Å². The average molecular weight is 356 g/mol. The Kier molecular flexibility index (Phi) is 4.90. The third kappa shape index (κ3) is 4.09. The topological polar surface area (TPSA) is 64.4 Å². The van der Waals surface area contributed by atoms with Gasteiger partial charge in [-0.05, 0) is 63.1 Å². The van der Waals surface area contributed by atoms with E-state index in [2.05, 4.69) is 17.2 Å². The van der Waals surface area contributed by atoms with E-state index < -0.39 is 0 Å². The number of aryl methyl sites for hydroxylation is 4. The molecule has 0 atom stereocenters. The zero-order valence-electron chi connectivity index (χ0n) is 14.7. The maximum absolute atomic E-state index is 12.2. The molecule has 0 fully saturated rings. The number of hydrogen-bond donors (Lipinski definition) is 1. The molecule has 3 aromatic rings. The molecule has 0 aliphatic heterocycles. The summed E-state index contributed by atoms with van der Waals surface area (Å²) in [6, 6.07) is 9.31. The molecule has 0 saturated heterocycles. The Balaban J connectivity index is 1.61. The van der Waals surface area contributed by atoms with Crippen molar-refractivity contribution in [2.75, 3.05) is 5.32 Å². The first-order valence-corrected chi connectivity index (χ1v) is 8.78. The van der Waals surface area contributed by atoms with Gasteiger partial charge in [-0.15, -0.1) is 11.3 Å². The third-order valence-corrected chi connectivity index (χ3v) is 4.98. The molecule has 6 heteroatoms. The Hall–Kier alpha value is -2.60. The zero-order valence-corrected chi connectivity index (χ0v) is 15.5. The van der Waals surface area contributed by atoms with Gasteiger partial charge in [-0.2, -0.15) is 0 Å². The van der Waals surface area contributed by atoms with E-state index in [9.17, 15) is 4.79 Å². The van der Waals surface area contributed by atoms with Crippen LogP contribution in [0.4, 0.5) is 5.13 Å². The van der Waals surface area contributed by atoms with Gasteiger partial charge in [0, 0.05) is 4.88 Å². The number of amides is 1. The van der Waals surface area contributed by atoms with Crippen molar-refractivity contribution in [3.63, 3.8) is 0 Å². The highest BCUT2D eigenvalue weighted by Gasteiger charge is 2.14. The maximum Gasteiger partial charge on any atom is 0.293 e. The van der Waals surface area contributed by atoms with Crippen LogP contribution in [0.2, 0.25) is 0 Å². The highest BCUT2D eigenvalue weighted by Crippen LogP contribution is 2.22. The predicted octanol–water partition coefficient (Wildman–Crippen LogP) is 4.80. The molecule has 130 valence electrons. The average Bonchev–Trinajstić information content (AvgIpc) is 3.16. The number of hydrogen-bond acceptors (Lipinski definition) is 5. The summed E-state index contributed by atoms with van der Waals surface area (Å²) in [6.45, 7) is 8.25. The molecule has 0 saturated carbocycles. The van der Waals surface area contributed by atoms with E-state index in [1.54, 1.807) is 12.1 Å². The number of carbonyl (C=O) groups is 1. The van der Waals surface area contributed by atoms with Crippen molar-refractivity contribution >= 4 is 22.4 Å². The number of rotatable bonds is 5. The minimum atomic E-state index is -0.314. The van der Waals surface area contributed by atoms with Gasteiger partial charge in [0.05, 0.1) is 5.69 Å². The molecule has 1 amide bonds. The fourth-order valence-electron chi connectivity index (χ4n) is 2.22. The normalized spacial score (nSPS) is 10.7. The van der Waals surface area contributed by atoms with Crippen LogP contribution in [0.25, 0.3) is 0 Å². The summed E-state index contributed by atoms with van der Waals surface area (Å²) in [4.78, 5) is 17.6. The number of benzene rings is 1. The Morgan fingerprint density at radius 3 is 2.64 bits per heavy atom. The molecule has 2 heterocycles. The van der Waals surface area contributed by atoms with Gasteiger partial charge in [0.25, 0.3) is 5.91 Å². The van der Waals surface area contributed by atoms with E-state index in [0.29, 0.717) is 10.9 Å². The van der Waals surface area contributed by atoms with Crippen LogP contribution in [-0.4, -0.2) is 10.9 Å². The molecule has 2 aromatic heterocycles.